The fourth-order valence-electron chi connectivity index (χ4n) is 4.44. The Morgan fingerprint density at radius 1 is 0.581 bits per heavy atom. The number of hydrogen-bond acceptors (Lipinski definition) is 2. The third-order valence-electron chi connectivity index (χ3n) is 5.82. The highest BCUT2D eigenvalue weighted by Gasteiger charge is 2.37. The fraction of sp³-hybridized carbons (Fsp3) is 0.172. The Bertz CT molecular complexity index is 934. The monoisotopic (exact) mass is 406 g/mol. The van der Waals surface area contributed by atoms with Gasteiger partial charge >= 0.3 is 0 Å². The minimum atomic E-state index is -0.458. The van der Waals surface area contributed by atoms with Gasteiger partial charge in [0.25, 0.3) is 0 Å². The Labute approximate surface area is 186 Å². The highest BCUT2D eigenvalue weighted by molar-refractivity contribution is 5.49. The number of benzene rings is 4. The second-order valence-corrected chi connectivity index (χ2v) is 7.94. The van der Waals surface area contributed by atoms with Crippen molar-refractivity contribution in [3.8, 4) is 0 Å². The molecule has 0 bridgehead atoms. The van der Waals surface area contributed by atoms with Crippen molar-refractivity contribution in [3.05, 3.63) is 144 Å². The zero-order valence-corrected chi connectivity index (χ0v) is 18.0. The molecule has 2 N–H and O–H groups in total. The summed E-state index contributed by atoms with van der Waals surface area (Å²) in [4.78, 5) is 0. The van der Waals surface area contributed by atoms with Crippen LogP contribution in [0.4, 0.5) is 0 Å². The molecule has 0 heterocycles. The molecule has 0 aromatic heterocycles. The summed E-state index contributed by atoms with van der Waals surface area (Å²) in [5, 5.41) is 7.51. The van der Waals surface area contributed by atoms with Crippen LogP contribution < -0.4 is 10.6 Å². The summed E-state index contributed by atoms with van der Waals surface area (Å²) in [6.07, 6.45) is 0.940. The molecule has 4 aromatic carbocycles. The van der Waals surface area contributed by atoms with Gasteiger partial charge in [0, 0.05) is 12.6 Å². The molecule has 1 atom stereocenters. The van der Waals surface area contributed by atoms with E-state index in [4.69, 9.17) is 0 Å². The van der Waals surface area contributed by atoms with Gasteiger partial charge in [0.05, 0.1) is 5.54 Å². The summed E-state index contributed by atoms with van der Waals surface area (Å²) in [7, 11) is 2.02. The summed E-state index contributed by atoms with van der Waals surface area (Å²) in [5.74, 6) is 0. The molecule has 0 unspecified atom stereocenters. The van der Waals surface area contributed by atoms with Crippen LogP contribution in [0.3, 0.4) is 0 Å². The van der Waals surface area contributed by atoms with Gasteiger partial charge in [0.2, 0.25) is 0 Å². The van der Waals surface area contributed by atoms with Crippen molar-refractivity contribution >= 4 is 0 Å². The summed E-state index contributed by atoms with van der Waals surface area (Å²) in [6.45, 7) is 0.864. The van der Waals surface area contributed by atoms with Crippen molar-refractivity contribution in [2.75, 3.05) is 13.6 Å². The highest BCUT2D eigenvalue weighted by atomic mass is 15.0. The lowest BCUT2D eigenvalue weighted by Crippen LogP contribution is -2.53. The first-order valence-electron chi connectivity index (χ1n) is 11.0. The van der Waals surface area contributed by atoms with Crippen LogP contribution in [0, 0.1) is 0 Å². The molecule has 0 aliphatic heterocycles. The first-order valence-corrected chi connectivity index (χ1v) is 11.0. The van der Waals surface area contributed by atoms with E-state index in [1.165, 1.54) is 22.3 Å². The summed E-state index contributed by atoms with van der Waals surface area (Å²) in [6, 6.07) is 43.3. The van der Waals surface area contributed by atoms with Crippen LogP contribution in [0.25, 0.3) is 0 Å². The van der Waals surface area contributed by atoms with Crippen molar-refractivity contribution in [1.82, 2.24) is 10.6 Å². The Kier molecular flexibility index (Phi) is 6.93. The number of hydrogen-bond donors (Lipinski definition) is 2. The van der Waals surface area contributed by atoms with E-state index in [-0.39, 0.29) is 6.04 Å². The van der Waals surface area contributed by atoms with E-state index in [0.29, 0.717) is 0 Å². The lowest BCUT2D eigenvalue weighted by atomic mass is 9.76. The molecule has 0 amide bonds. The Hall–Kier alpha value is -3.20. The predicted octanol–water partition coefficient (Wildman–Crippen LogP) is 5.40. The zero-order valence-electron chi connectivity index (χ0n) is 18.0. The largest absolute Gasteiger partial charge is 0.318 e. The van der Waals surface area contributed by atoms with Crippen LogP contribution >= 0.6 is 0 Å². The third kappa shape index (κ3) is 4.77. The lowest BCUT2D eigenvalue weighted by molar-refractivity contribution is 0.378. The minimum Gasteiger partial charge on any atom is -0.318 e. The van der Waals surface area contributed by atoms with E-state index in [9.17, 15) is 0 Å². The van der Waals surface area contributed by atoms with Gasteiger partial charge in [0.1, 0.15) is 0 Å². The Morgan fingerprint density at radius 2 is 0.968 bits per heavy atom. The zero-order chi connectivity index (χ0) is 21.4. The van der Waals surface area contributed by atoms with Crippen LogP contribution in [-0.4, -0.2) is 19.6 Å². The topological polar surface area (TPSA) is 24.1 Å². The molecule has 0 saturated carbocycles. The number of nitrogens with one attached hydrogen (secondary N) is 2. The molecule has 4 aromatic rings. The van der Waals surface area contributed by atoms with Crippen molar-refractivity contribution < 1.29 is 0 Å². The van der Waals surface area contributed by atoms with E-state index in [1.54, 1.807) is 0 Å². The molecule has 0 spiro atoms. The molecule has 0 aliphatic rings. The predicted molar refractivity (Wildman–Crippen MR) is 130 cm³/mol. The second-order valence-electron chi connectivity index (χ2n) is 7.94. The quantitative estimate of drug-likeness (QED) is 0.364. The first kappa shape index (κ1) is 21.0. The maximum atomic E-state index is 4.10. The van der Waals surface area contributed by atoms with E-state index in [1.807, 2.05) is 7.05 Å². The average Bonchev–Trinajstić information content (AvgIpc) is 2.85. The molecule has 156 valence electrons. The van der Waals surface area contributed by atoms with Gasteiger partial charge in [-0.1, -0.05) is 121 Å². The van der Waals surface area contributed by atoms with Gasteiger partial charge in [-0.15, -0.1) is 0 Å². The van der Waals surface area contributed by atoms with Crippen molar-refractivity contribution in [1.29, 1.82) is 0 Å². The van der Waals surface area contributed by atoms with Crippen LogP contribution in [-0.2, 0) is 12.0 Å². The molecule has 0 radical (unpaired) electrons. The highest BCUT2D eigenvalue weighted by Crippen LogP contribution is 2.37. The SMILES string of the molecule is CNC[C@H](Cc1ccccc1)NC(c1ccccc1)(c1ccccc1)c1ccccc1. The van der Waals surface area contributed by atoms with Crippen LogP contribution in [0.5, 0.6) is 0 Å². The van der Waals surface area contributed by atoms with E-state index in [2.05, 4.69) is 132 Å². The van der Waals surface area contributed by atoms with Crippen molar-refractivity contribution in [3.63, 3.8) is 0 Å². The van der Waals surface area contributed by atoms with Gasteiger partial charge in [-0.05, 0) is 35.7 Å². The van der Waals surface area contributed by atoms with Crippen molar-refractivity contribution in [2.24, 2.45) is 0 Å². The first-order chi connectivity index (χ1) is 15.3. The van der Waals surface area contributed by atoms with Crippen LogP contribution in [0.15, 0.2) is 121 Å². The van der Waals surface area contributed by atoms with Crippen LogP contribution in [0.2, 0.25) is 0 Å². The average molecular weight is 407 g/mol. The molecular formula is C29H30N2. The number of rotatable bonds is 9. The molecule has 0 aliphatic carbocycles. The molecular weight excluding hydrogens is 376 g/mol. The van der Waals surface area contributed by atoms with Gasteiger partial charge in [-0.25, -0.2) is 0 Å². The van der Waals surface area contributed by atoms with Gasteiger partial charge in [0.15, 0.2) is 0 Å². The normalized spacial score (nSPS) is 12.4. The van der Waals surface area contributed by atoms with Crippen LogP contribution in [0.1, 0.15) is 22.3 Å². The second kappa shape index (κ2) is 10.2. The van der Waals surface area contributed by atoms with E-state index < -0.39 is 5.54 Å². The molecule has 0 saturated heterocycles. The molecule has 2 nitrogen and oxygen atoms in total. The maximum absolute atomic E-state index is 4.10. The van der Waals surface area contributed by atoms with Crippen molar-refractivity contribution in [2.45, 2.75) is 18.0 Å². The van der Waals surface area contributed by atoms with E-state index in [0.717, 1.165) is 13.0 Å². The molecule has 0 fully saturated rings. The Balaban J connectivity index is 1.86. The fourth-order valence-corrected chi connectivity index (χ4v) is 4.44. The molecule has 2 heteroatoms. The third-order valence-corrected chi connectivity index (χ3v) is 5.82. The smallest absolute Gasteiger partial charge is 0.0950 e. The summed E-state index contributed by atoms with van der Waals surface area (Å²) < 4.78 is 0. The molecule has 31 heavy (non-hydrogen) atoms. The number of likely N-dealkylation sites (N-methyl/N-ethyl adjacent to an activating group) is 1. The maximum Gasteiger partial charge on any atom is 0.0950 e. The summed E-state index contributed by atoms with van der Waals surface area (Å²) >= 11 is 0. The van der Waals surface area contributed by atoms with Gasteiger partial charge in [-0.3, -0.25) is 5.32 Å². The van der Waals surface area contributed by atoms with Gasteiger partial charge < -0.3 is 5.32 Å². The lowest BCUT2D eigenvalue weighted by Gasteiger charge is -2.40. The van der Waals surface area contributed by atoms with Gasteiger partial charge in [-0.2, -0.15) is 0 Å². The Morgan fingerprint density at radius 3 is 1.35 bits per heavy atom. The molecule has 4 rings (SSSR count). The van der Waals surface area contributed by atoms with E-state index >= 15 is 0 Å². The standard InChI is InChI=1S/C29H30N2/c1-30-23-28(22-24-14-6-2-7-15-24)31-29(25-16-8-3-9-17-25,26-18-10-4-11-19-26)27-20-12-5-13-21-27/h2-21,28,30-31H,22-23H2,1H3/t28-/m0/s1. The minimum absolute atomic E-state index is 0.230. The summed E-state index contributed by atoms with van der Waals surface area (Å²) in [5.41, 5.74) is 4.59.